The number of rotatable bonds is 6. The van der Waals surface area contributed by atoms with Gasteiger partial charge in [0.1, 0.15) is 0 Å². The average molecular weight is 355 g/mol. The van der Waals surface area contributed by atoms with Gasteiger partial charge >= 0.3 is 0 Å². The Morgan fingerprint density at radius 3 is 2.65 bits per heavy atom. The highest BCUT2D eigenvalue weighted by Crippen LogP contribution is 2.18. The van der Waals surface area contributed by atoms with Crippen molar-refractivity contribution >= 4 is 17.5 Å². The van der Waals surface area contributed by atoms with Gasteiger partial charge in [0.25, 0.3) is 11.8 Å². The van der Waals surface area contributed by atoms with Crippen LogP contribution >= 0.6 is 0 Å². The summed E-state index contributed by atoms with van der Waals surface area (Å²) in [6.07, 6.45) is 3.42. The van der Waals surface area contributed by atoms with E-state index >= 15 is 0 Å². The molecule has 1 aliphatic rings. The van der Waals surface area contributed by atoms with Crippen molar-refractivity contribution in [1.82, 2.24) is 4.98 Å². The van der Waals surface area contributed by atoms with Gasteiger partial charge in [0.15, 0.2) is 0 Å². The van der Waals surface area contributed by atoms with Gasteiger partial charge < -0.3 is 20.5 Å². The van der Waals surface area contributed by atoms with E-state index in [1.807, 2.05) is 0 Å². The van der Waals surface area contributed by atoms with E-state index in [4.69, 9.17) is 15.2 Å². The third-order valence-electron chi connectivity index (χ3n) is 4.25. The Bertz CT molecular complexity index is 771. The standard InChI is InChI=1S/C19H21N3O4/c20-18(23)15-3-1-2-4-16(15)22-19(24)14-5-6-17(21-11-14)26-12-13-7-9-25-10-8-13/h1-6,11,13H,7-10,12H2,(H2,20,23)(H,22,24). The highest BCUT2D eigenvalue weighted by molar-refractivity contribution is 6.08. The van der Waals surface area contributed by atoms with Crippen LogP contribution in [-0.2, 0) is 4.74 Å². The molecule has 1 aromatic heterocycles. The van der Waals surface area contributed by atoms with Gasteiger partial charge in [0.2, 0.25) is 5.88 Å². The molecule has 0 spiro atoms. The first-order chi connectivity index (χ1) is 12.6. The Morgan fingerprint density at radius 2 is 1.96 bits per heavy atom. The van der Waals surface area contributed by atoms with E-state index in [1.165, 1.54) is 6.20 Å². The van der Waals surface area contributed by atoms with Crippen LogP contribution in [0.15, 0.2) is 42.6 Å². The minimum Gasteiger partial charge on any atom is -0.477 e. The van der Waals surface area contributed by atoms with Crippen LogP contribution in [0.4, 0.5) is 5.69 Å². The third kappa shape index (κ3) is 4.58. The van der Waals surface area contributed by atoms with Gasteiger partial charge in [-0.05, 0) is 37.0 Å². The van der Waals surface area contributed by atoms with Gasteiger partial charge in [-0.2, -0.15) is 0 Å². The highest BCUT2D eigenvalue weighted by atomic mass is 16.5. The Hall–Kier alpha value is -2.93. The van der Waals surface area contributed by atoms with E-state index in [2.05, 4.69) is 10.3 Å². The number of nitrogens with zero attached hydrogens (tertiary/aromatic N) is 1. The molecular formula is C19H21N3O4. The van der Waals surface area contributed by atoms with Crippen LogP contribution in [0.25, 0.3) is 0 Å². The zero-order valence-electron chi connectivity index (χ0n) is 14.3. The molecule has 1 fully saturated rings. The second-order valence-electron chi connectivity index (χ2n) is 6.12. The maximum atomic E-state index is 12.3. The summed E-state index contributed by atoms with van der Waals surface area (Å²) in [4.78, 5) is 27.9. The summed E-state index contributed by atoms with van der Waals surface area (Å²) in [7, 11) is 0. The number of nitrogens with two attached hydrogens (primary N) is 1. The molecule has 26 heavy (non-hydrogen) atoms. The minimum absolute atomic E-state index is 0.255. The molecule has 2 heterocycles. The fourth-order valence-corrected chi connectivity index (χ4v) is 2.72. The smallest absolute Gasteiger partial charge is 0.257 e. The van der Waals surface area contributed by atoms with Gasteiger partial charge in [-0.15, -0.1) is 0 Å². The molecule has 7 heteroatoms. The van der Waals surface area contributed by atoms with Gasteiger partial charge in [0, 0.05) is 25.5 Å². The average Bonchev–Trinajstić information content (AvgIpc) is 2.68. The second kappa shape index (κ2) is 8.44. The first kappa shape index (κ1) is 17.9. The molecule has 0 saturated carbocycles. The van der Waals surface area contributed by atoms with E-state index in [0.29, 0.717) is 29.7 Å². The maximum Gasteiger partial charge on any atom is 0.257 e. The molecule has 0 radical (unpaired) electrons. The number of carbonyl (C=O) groups excluding carboxylic acids is 2. The number of anilines is 1. The molecular weight excluding hydrogens is 334 g/mol. The Labute approximate surface area is 151 Å². The summed E-state index contributed by atoms with van der Waals surface area (Å²) in [6.45, 7) is 2.13. The van der Waals surface area contributed by atoms with Crippen LogP contribution in [0.5, 0.6) is 5.88 Å². The van der Waals surface area contributed by atoms with E-state index in [-0.39, 0.29) is 11.5 Å². The summed E-state index contributed by atoms with van der Waals surface area (Å²) in [5.41, 5.74) is 6.30. The van der Waals surface area contributed by atoms with Gasteiger partial charge in [-0.1, -0.05) is 12.1 Å². The molecule has 2 amide bonds. The number of para-hydroxylation sites is 1. The molecule has 0 atom stereocenters. The van der Waals surface area contributed by atoms with Crippen LogP contribution in [0, 0.1) is 5.92 Å². The third-order valence-corrected chi connectivity index (χ3v) is 4.25. The molecule has 2 aromatic rings. The lowest BCUT2D eigenvalue weighted by molar-refractivity contribution is 0.0490. The zero-order chi connectivity index (χ0) is 18.4. The molecule has 0 unspecified atom stereocenters. The van der Waals surface area contributed by atoms with Crippen molar-refractivity contribution < 1.29 is 19.1 Å². The van der Waals surface area contributed by atoms with E-state index in [0.717, 1.165) is 26.1 Å². The number of hydrogen-bond donors (Lipinski definition) is 2. The van der Waals surface area contributed by atoms with Gasteiger partial charge in [-0.25, -0.2) is 4.98 Å². The predicted molar refractivity (Wildman–Crippen MR) is 96.2 cm³/mol. The molecule has 0 bridgehead atoms. The molecule has 3 N–H and O–H groups in total. The molecule has 0 aliphatic carbocycles. The van der Waals surface area contributed by atoms with Crippen molar-refractivity contribution in [2.45, 2.75) is 12.8 Å². The number of aromatic nitrogens is 1. The molecule has 1 aliphatic heterocycles. The monoisotopic (exact) mass is 355 g/mol. The van der Waals surface area contributed by atoms with Crippen molar-refractivity contribution in [3.63, 3.8) is 0 Å². The van der Waals surface area contributed by atoms with Crippen LogP contribution in [0.3, 0.4) is 0 Å². The van der Waals surface area contributed by atoms with Crippen LogP contribution in [-0.4, -0.2) is 36.6 Å². The molecule has 1 aromatic carbocycles. The Balaban J connectivity index is 1.59. The highest BCUT2D eigenvalue weighted by Gasteiger charge is 2.15. The van der Waals surface area contributed by atoms with Crippen molar-refractivity contribution in [2.24, 2.45) is 11.7 Å². The largest absolute Gasteiger partial charge is 0.477 e. The quantitative estimate of drug-likeness (QED) is 0.827. The fourth-order valence-electron chi connectivity index (χ4n) is 2.72. The van der Waals surface area contributed by atoms with Crippen molar-refractivity contribution in [3.8, 4) is 5.88 Å². The second-order valence-corrected chi connectivity index (χ2v) is 6.12. The topological polar surface area (TPSA) is 104 Å². The summed E-state index contributed by atoms with van der Waals surface area (Å²) >= 11 is 0. The number of primary amides is 1. The minimum atomic E-state index is -0.601. The number of carbonyl (C=O) groups is 2. The number of benzene rings is 1. The van der Waals surface area contributed by atoms with Gasteiger partial charge in [-0.3, -0.25) is 9.59 Å². The van der Waals surface area contributed by atoms with Crippen LogP contribution in [0.1, 0.15) is 33.6 Å². The normalized spacial score (nSPS) is 14.6. The molecule has 7 nitrogen and oxygen atoms in total. The van der Waals surface area contributed by atoms with E-state index in [1.54, 1.807) is 36.4 Å². The summed E-state index contributed by atoms with van der Waals surface area (Å²) in [6, 6.07) is 9.87. The first-order valence-electron chi connectivity index (χ1n) is 8.50. The molecule has 3 rings (SSSR count). The van der Waals surface area contributed by atoms with Crippen molar-refractivity contribution in [1.29, 1.82) is 0 Å². The van der Waals surface area contributed by atoms with Crippen molar-refractivity contribution in [2.75, 3.05) is 25.1 Å². The van der Waals surface area contributed by atoms with E-state index in [9.17, 15) is 9.59 Å². The Kier molecular flexibility index (Phi) is 5.80. The number of nitrogens with one attached hydrogen (secondary N) is 1. The maximum absolute atomic E-state index is 12.3. The summed E-state index contributed by atoms with van der Waals surface area (Å²) in [5.74, 6) is -0.0255. The number of hydrogen-bond acceptors (Lipinski definition) is 5. The predicted octanol–water partition coefficient (Wildman–Crippen LogP) is 2.24. The Morgan fingerprint density at radius 1 is 1.19 bits per heavy atom. The SMILES string of the molecule is NC(=O)c1ccccc1NC(=O)c1ccc(OCC2CCOCC2)nc1. The lowest BCUT2D eigenvalue weighted by atomic mass is 10.0. The fraction of sp³-hybridized carbons (Fsp3) is 0.316. The lowest BCUT2D eigenvalue weighted by Gasteiger charge is -2.21. The number of ether oxygens (including phenoxy) is 2. The van der Waals surface area contributed by atoms with Crippen LogP contribution in [0.2, 0.25) is 0 Å². The van der Waals surface area contributed by atoms with Crippen molar-refractivity contribution in [3.05, 3.63) is 53.7 Å². The van der Waals surface area contributed by atoms with E-state index < -0.39 is 5.91 Å². The molecule has 136 valence electrons. The summed E-state index contributed by atoms with van der Waals surface area (Å²) < 4.78 is 11.0. The van der Waals surface area contributed by atoms with Crippen LogP contribution < -0.4 is 15.8 Å². The lowest BCUT2D eigenvalue weighted by Crippen LogP contribution is -2.21. The van der Waals surface area contributed by atoms with Gasteiger partial charge in [0.05, 0.1) is 23.4 Å². The summed E-state index contributed by atoms with van der Waals surface area (Å²) in [5, 5.41) is 2.68. The zero-order valence-corrected chi connectivity index (χ0v) is 14.3. The number of amides is 2. The molecule has 1 saturated heterocycles. The first-order valence-corrected chi connectivity index (χ1v) is 8.50. The number of pyridine rings is 1.